The van der Waals surface area contributed by atoms with Gasteiger partial charge in [-0.05, 0) is 103 Å². The van der Waals surface area contributed by atoms with Crippen LogP contribution >= 0.6 is 0 Å². The van der Waals surface area contributed by atoms with E-state index in [9.17, 15) is 14.4 Å². The summed E-state index contributed by atoms with van der Waals surface area (Å²) in [6.07, 6.45) is 62.3. The topological polar surface area (TPSA) is 78.9 Å². The Hall–Kier alpha value is -2.63. The monoisotopic (exact) mass is 883 g/mol. The highest BCUT2D eigenvalue weighted by Gasteiger charge is 2.19. The zero-order valence-electron chi connectivity index (χ0n) is 41.8. The standard InChI is InChI=1S/C57H102O6/c1-4-7-10-13-16-19-22-25-26-27-28-29-30-33-36-39-42-45-48-51-57(60)63-54(52-61-55(58)49-46-43-40-37-34-31-23-20-17-14-11-8-5-2)53-62-56(59)50-47-44-41-38-35-32-24-21-18-15-12-9-6-3/h16,19-21,23-26,54H,4-15,17-18,22,27-53H2,1-3H3/b19-16-,23-20-,24-21-,26-25-. The van der Waals surface area contributed by atoms with Gasteiger partial charge in [0.25, 0.3) is 0 Å². The van der Waals surface area contributed by atoms with Gasteiger partial charge in [0.05, 0.1) is 0 Å². The summed E-state index contributed by atoms with van der Waals surface area (Å²) >= 11 is 0. The van der Waals surface area contributed by atoms with Gasteiger partial charge in [0.1, 0.15) is 13.2 Å². The molecule has 366 valence electrons. The average molecular weight is 883 g/mol. The van der Waals surface area contributed by atoms with Crippen molar-refractivity contribution in [1.82, 2.24) is 0 Å². The summed E-state index contributed by atoms with van der Waals surface area (Å²) in [5.41, 5.74) is 0. The first-order valence-corrected chi connectivity index (χ1v) is 27.1. The second-order valence-corrected chi connectivity index (χ2v) is 18.1. The lowest BCUT2D eigenvalue weighted by molar-refractivity contribution is -0.167. The molecule has 0 radical (unpaired) electrons. The molecule has 6 nitrogen and oxygen atoms in total. The van der Waals surface area contributed by atoms with Gasteiger partial charge < -0.3 is 14.2 Å². The van der Waals surface area contributed by atoms with E-state index in [2.05, 4.69) is 69.4 Å². The number of ether oxygens (including phenoxy) is 3. The van der Waals surface area contributed by atoms with Gasteiger partial charge in [-0.25, -0.2) is 0 Å². The van der Waals surface area contributed by atoms with Crippen LogP contribution in [0.15, 0.2) is 48.6 Å². The predicted octanol–water partition coefficient (Wildman–Crippen LogP) is 17.9. The van der Waals surface area contributed by atoms with Crippen molar-refractivity contribution in [3.05, 3.63) is 48.6 Å². The molecule has 0 saturated heterocycles. The van der Waals surface area contributed by atoms with Crippen molar-refractivity contribution in [3.8, 4) is 0 Å². The Bertz CT molecular complexity index is 1050. The van der Waals surface area contributed by atoms with Crippen LogP contribution in [0.4, 0.5) is 0 Å². The van der Waals surface area contributed by atoms with E-state index in [-0.39, 0.29) is 31.1 Å². The summed E-state index contributed by atoms with van der Waals surface area (Å²) in [4.78, 5) is 38.0. The maximum Gasteiger partial charge on any atom is 0.306 e. The van der Waals surface area contributed by atoms with E-state index in [0.717, 1.165) is 77.0 Å². The Labute approximate surface area is 390 Å². The molecule has 63 heavy (non-hydrogen) atoms. The maximum absolute atomic E-state index is 12.8. The van der Waals surface area contributed by atoms with E-state index in [1.165, 1.54) is 161 Å². The molecular formula is C57H102O6. The lowest BCUT2D eigenvalue weighted by Crippen LogP contribution is -2.30. The Morgan fingerprint density at radius 3 is 0.921 bits per heavy atom. The van der Waals surface area contributed by atoms with Crippen molar-refractivity contribution >= 4 is 17.9 Å². The summed E-state index contributed by atoms with van der Waals surface area (Å²) in [6.45, 7) is 6.58. The highest BCUT2D eigenvalue weighted by atomic mass is 16.6. The third kappa shape index (κ3) is 50.2. The van der Waals surface area contributed by atoms with E-state index in [0.29, 0.717) is 19.3 Å². The lowest BCUT2D eigenvalue weighted by Gasteiger charge is -2.18. The van der Waals surface area contributed by atoms with Crippen LogP contribution in [-0.2, 0) is 28.6 Å². The fraction of sp³-hybridized carbons (Fsp3) is 0.807. The molecule has 0 amide bonds. The van der Waals surface area contributed by atoms with Gasteiger partial charge in [0.15, 0.2) is 6.10 Å². The maximum atomic E-state index is 12.8. The van der Waals surface area contributed by atoms with Crippen LogP contribution in [0.2, 0.25) is 0 Å². The number of allylic oxidation sites excluding steroid dienone is 8. The Morgan fingerprint density at radius 2 is 0.571 bits per heavy atom. The fourth-order valence-corrected chi connectivity index (χ4v) is 7.64. The minimum atomic E-state index is -0.780. The number of rotatable bonds is 49. The van der Waals surface area contributed by atoms with Gasteiger partial charge in [-0.15, -0.1) is 0 Å². The van der Waals surface area contributed by atoms with Crippen molar-refractivity contribution < 1.29 is 28.6 Å². The fourth-order valence-electron chi connectivity index (χ4n) is 7.64. The van der Waals surface area contributed by atoms with Crippen molar-refractivity contribution in [1.29, 1.82) is 0 Å². The van der Waals surface area contributed by atoms with Crippen LogP contribution in [0.3, 0.4) is 0 Å². The van der Waals surface area contributed by atoms with Crippen LogP contribution in [-0.4, -0.2) is 37.2 Å². The highest BCUT2D eigenvalue weighted by molar-refractivity contribution is 5.71. The minimum absolute atomic E-state index is 0.0807. The Kier molecular flexibility index (Phi) is 49.8. The number of carbonyl (C=O) groups is 3. The van der Waals surface area contributed by atoms with E-state index in [4.69, 9.17) is 14.2 Å². The molecule has 0 aliphatic heterocycles. The van der Waals surface area contributed by atoms with Gasteiger partial charge in [-0.2, -0.15) is 0 Å². The van der Waals surface area contributed by atoms with Crippen LogP contribution in [0, 0.1) is 0 Å². The summed E-state index contributed by atoms with van der Waals surface area (Å²) in [5.74, 6) is -0.893. The van der Waals surface area contributed by atoms with E-state index >= 15 is 0 Å². The minimum Gasteiger partial charge on any atom is -0.462 e. The molecule has 0 atom stereocenters. The van der Waals surface area contributed by atoms with Crippen molar-refractivity contribution in [3.63, 3.8) is 0 Å². The van der Waals surface area contributed by atoms with Gasteiger partial charge in [0, 0.05) is 19.3 Å². The lowest BCUT2D eigenvalue weighted by atomic mass is 10.1. The molecule has 0 spiro atoms. The number of hydrogen-bond donors (Lipinski definition) is 0. The molecule has 0 aliphatic carbocycles. The zero-order valence-corrected chi connectivity index (χ0v) is 41.8. The van der Waals surface area contributed by atoms with Crippen LogP contribution in [0.25, 0.3) is 0 Å². The SMILES string of the molecule is CCCCC/C=C\C/C=C\CCCCCCCCCCCC(=O)OC(COC(=O)CCCCCCC/C=C\CCCCCC)COC(=O)CCCCCCC/C=C\CCCCCC. The molecular weight excluding hydrogens is 781 g/mol. The Morgan fingerprint density at radius 1 is 0.317 bits per heavy atom. The second-order valence-electron chi connectivity index (χ2n) is 18.1. The van der Waals surface area contributed by atoms with Crippen LogP contribution < -0.4 is 0 Å². The van der Waals surface area contributed by atoms with E-state index < -0.39 is 6.10 Å². The molecule has 0 aromatic heterocycles. The zero-order chi connectivity index (χ0) is 45.8. The quantitative estimate of drug-likeness (QED) is 0.0262. The molecule has 0 N–H and O–H groups in total. The molecule has 0 rings (SSSR count). The van der Waals surface area contributed by atoms with Gasteiger partial charge in [-0.1, -0.05) is 204 Å². The second kappa shape index (κ2) is 52.0. The first-order valence-electron chi connectivity index (χ1n) is 27.1. The number of esters is 3. The van der Waals surface area contributed by atoms with E-state index in [1.54, 1.807) is 0 Å². The molecule has 0 aromatic rings. The molecule has 0 aliphatic rings. The summed E-state index contributed by atoms with van der Waals surface area (Å²) in [6, 6.07) is 0. The predicted molar refractivity (Wildman–Crippen MR) is 270 cm³/mol. The van der Waals surface area contributed by atoms with Gasteiger partial charge in [0.2, 0.25) is 0 Å². The number of hydrogen-bond acceptors (Lipinski definition) is 6. The van der Waals surface area contributed by atoms with Gasteiger partial charge >= 0.3 is 17.9 Å². The smallest absolute Gasteiger partial charge is 0.306 e. The van der Waals surface area contributed by atoms with Crippen molar-refractivity contribution in [2.75, 3.05) is 13.2 Å². The van der Waals surface area contributed by atoms with Crippen molar-refractivity contribution in [2.45, 2.75) is 284 Å². The van der Waals surface area contributed by atoms with Crippen LogP contribution in [0.1, 0.15) is 278 Å². The first-order chi connectivity index (χ1) is 31.0. The average Bonchev–Trinajstić information content (AvgIpc) is 3.28. The van der Waals surface area contributed by atoms with Crippen molar-refractivity contribution in [2.24, 2.45) is 0 Å². The number of unbranched alkanes of at least 4 members (excludes halogenated alkanes) is 30. The molecule has 0 saturated carbocycles. The summed E-state index contributed by atoms with van der Waals surface area (Å²) < 4.78 is 16.8. The summed E-state index contributed by atoms with van der Waals surface area (Å²) in [5, 5.41) is 0. The highest BCUT2D eigenvalue weighted by Crippen LogP contribution is 2.15. The molecule has 0 aromatic carbocycles. The van der Waals surface area contributed by atoms with E-state index in [1.807, 2.05) is 0 Å². The molecule has 0 heterocycles. The molecule has 6 heteroatoms. The third-order valence-electron chi connectivity index (χ3n) is 11.8. The molecule has 0 unspecified atom stereocenters. The third-order valence-corrected chi connectivity index (χ3v) is 11.8. The van der Waals surface area contributed by atoms with Gasteiger partial charge in [-0.3, -0.25) is 14.4 Å². The normalized spacial score (nSPS) is 11.9. The first kappa shape index (κ1) is 60.4. The Balaban J connectivity index is 4.37. The molecule has 0 fully saturated rings. The van der Waals surface area contributed by atoms with Crippen LogP contribution in [0.5, 0.6) is 0 Å². The largest absolute Gasteiger partial charge is 0.462 e. The summed E-state index contributed by atoms with van der Waals surface area (Å²) in [7, 11) is 0. The number of carbonyl (C=O) groups excluding carboxylic acids is 3. The molecule has 0 bridgehead atoms.